The van der Waals surface area contributed by atoms with E-state index in [-0.39, 0.29) is 24.6 Å². The Morgan fingerprint density at radius 3 is 2.44 bits per heavy atom. The molecule has 0 heterocycles. The Bertz CT molecular complexity index is 380. The Labute approximate surface area is 103 Å². The lowest BCUT2D eigenvalue weighted by atomic mass is 9.61. The average molecular weight is 224 g/mol. The van der Waals surface area contributed by atoms with Gasteiger partial charge in [0.05, 0.1) is 0 Å². The number of hydrogen-bond acceptors (Lipinski definition) is 1. The molecule has 1 atom stereocenters. The third kappa shape index (κ3) is 2.05. The van der Waals surface area contributed by atoms with E-state index in [1.807, 2.05) is 40.7 Å². The number of aliphatic hydroxyl groups excluding tert-OH is 1. The molecule has 0 saturated heterocycles. The Morgan fingerprint density at radius 2 is 1.94 bits per heavy atom. The van der Waals surface area contributed by atoms with Gasteiger partial charge in [-0.1, -0.05) is 60.6 Å². The second-order valence-corrected chi connectivity index (χ2v) is 6.47. The van der Waals surface area contributed by atoms with E-state index < -0.39 is 5.41 Å². The van der Waals surface area contributed by atoms with Gasteiger partial charge in [0.2, 0.25) is 0 Å². The minimum atomic E-state index is -0.411. The van der Waals surface area contributed by atoms with Gasteiger partial charge in [0.1, 0.15) is 5.76 Å². The van der Waals surface area contributed by atoms with Crippen LogP contribution in [0.4, 0.5) is 0 Å². The standard InChI is InChI=1S/C15H26O/c1-13(2,3)11-9-8-10-15(7,12(11)16)14(4,5)6/h8-9,16H,10H2,1-7H3/i1D,4D. The third-order valence-electron chi connectivity index (χ3n) is 3.81. The summed E-state index contributed by atoms with van der Waals surface area (Å²) in [6.45, 7) is 10.6. The molecule has 0 aromatic heterocycles. The Hall–Kier alpha value is -0.720. The summed E-state index contributed by atoms with van der Waals surface area (Å²) in [5.74, 6) is 0.375. The van der Waals surface area contributed by atoms with Gasteiger partial charge in [-0.2, -0.15) is 0 Å². The summed E-state index contributed by atoms with van der Waals surface area (Å²) >= 11 is 0. The van der Waals surface area contributed by atoms with E-state index in [4.69, 9.17) is 2.74 Å². The molecule has 0 bridgehead atoms. The SMILES string of the molecule is [2H]CC(C)(C)C1=C(O)C(C)(C(C)(C)C[2H])CC=C1. The van der Waals surface area contributed by atoms with Crippen molar-refractivity contribution in [3.05, 3.63) is 23.5 Å². The molecule has 0 saturated carbocycles. The summed E-state index contributed by atoms with van der Waals surface area (Å²) in [4.78, 5) is 0. The molecule has 0 fully saturated rings. The molecule has 1 aliphatic carbocycles. The zero-order chi connectivity index (χ0) is 14.2. The van der Waals surface area contributed by atoms with Crippen LogP contribution in [0.1, 0.15) is 57.6 Å². The van der Waals surface area contributed by atoms with E-state index in [1.165, 1.54) is 0 Å². The quantitative estimate of drug-likeness (QED) is 0.623. The lowest BCUT2D eigenvalue weighted by Crippen LogP contribution is -2.37. The fraction of sp³-hybridized carbons (Fsp3) is 0.733. The first-order valence-electron chi connectivity index (χ1n) is 7.23. The van der Waals surface area contributed by atoms with Crippen molar-refractivity contribution in [3.63, 3.8) is 0 Å². The van der Waals surface area contributed by atoms with Crippen LogP contribution >= 0.6 is 0 Å². The molecular formula is C15H26O. The molecule has 1 N–H and O–H groups in total. The molecule has 0 aromatic carbocycles. The molecule has 0 spiro atoms. The predicted molar refractivity (Wildman–Crippen MR) is 70.4 cm³/mol. The summed E-state index contributed by atoms with van der Waals surface area (Å²) in [5, 5.41) is 10.7. The topological polar surface area (TPSA) is 20.2 Å². The monoisotopic (exact) mass is 224 g/mol. The number of hydrogen-bond donors (Lipinski definition) is 1. The molecule has 0 aromatic rings. The fourth-order valence-electron chi connectivity index (χ4n) is 2.03. The maximum Gasteiger partial charge on any atom is 0.103 e. The van der Waals surface area contributed by atoms with Crippen LogP contribution in [0.25, 0.3) is 0 Å². The summed E-state index contributed by atoms with van der Waals surface area (Å²) in [5.41, 5.74) is -0.190. The average Bonchev–Trinajstić information content (AvgIpc) is 2.32. The van der Waals surface area contributed by atoms with Gasteiger partial charge in [0, 0.05) is 8.16 Å². The normalized spacial score (nSPS) is 29.1. The predicted octanol–water partition coefficient (Wildman–Crippen LogP) is 4.86. The Morgan fingerprint density at radius 1 is 1.31 bits per heavy atom. The minimum Gasteiger partial charge on any atom is -0.511 e. The van der Waals surface area contributed by atoms with E-state index in [0.29, 0.717) is 5.76 Å². The van der Waals surface area contributed by atoms with Crippen LogP contribution in [-0.2, 0) is 0 Å². The lowest BCUT2D eigenvalue weighted by Gasteiger charge is -2.44. The van der Waals surface area contributed by atoms with Crippen LogP contribution in [0, 0.1) is 16.2 Å². The van der Waals surface area contributed by atoms with Crippen LogP contribution in [0.5, 0.6) is 0 Å². The van der Waals surface area contributed by atoms with Gasteiger partial charge in [0.15, 0.2) is 0 Å². The first-order valence-corrected chi connectivity index (χ1v) is 5.81. The minimum absolute atomic E-state index is 0.244. The van der Waals surface area contributed by atoms with E-state index in [1.54, 1.807) is 0 Å². The highest BCUT2D eigenvalue weighted by atomic mass is 16.3. The van der Waals surface area contributed by atoms with Crippen molar-refractivity contribution in [2.75, 3.05) is 0 Å². The molecule has 1 aliphatic rings. The van der Waals surface area contributed by atoms with Crippen molar-refractivity contribution in [2.45, 2.75) is 54.8 Å². The zero-order valence-electron chi connectivity index (χ0n) is 13.2. The highest BCUT2D eigenvalue weighted by Gasteiger charge is 2.44. The summed E-state index contributed by atoms with van der Waals surface area (Å²) in [6, 6.07) is 0. The van der Waals surface area contributed by atoms with Crippen molar-refractivity contribution in [3.8, 4) is 0 Å². The highest BCUT2D eigenvalue weighted by Crippen LogP contribution is 2.51. The molecule has 1 nitrogen and oxygen atoms in total. The van der Waals surface area contributed by atoms with Gasteiger partial charge in [-0.05, 0) is 22.8 Å². The molecule has 0 radical (unpaired) electrons. The largest absolute Gasteiger partial charge is 0.511 e. The molecule has 16 heavy (non-hydrogen) atoms. The molecule has 0 amide bonds. The number of allylic oxidation sites excluding steroid dienone is 4. The Kier molecular flexibility index (Phi) is 2.38. The molecule has 92 valence electrons. The maximum absolute atomic E-state index is 10.7. The van der Waals surface area contributed by atoms with Crippen molar-refractivity contribution >= 4 is 0 Å². The van der Waals surface area contributed by atoms with Crippen LogP contribution in [-0.4, -0.2) is 5.11 Å². The third-order valence-corrected chi connectivity index (χ3v) is 3.81. The zero-order valence-corrected chi connectivity index (χ0v) is 11.2. The second kappa shape index (κ2) is 3.65. The second-order valence-electron chi connectivity index (χ2n) is 6.47. The van der Waals surface area contributed by atoms with E-state index in [2.05, 4.69) is 6.08 Å². The van der Waals surface area contributed by atoms with Crippen molar-refractivity contribution in [2.24, 2.45) is 16.2 Å². The number of rotatable bonds is 0. The van der Waals surface area contributed by atoms with Crippen molar-refractivity contribution in [1.29, 1.82) is 0 Å². The van der Waals surface area contributed by atoms with Gasteiger partial charge < -0.3 is 5.11 Å². The van der Waals surface area contributed by atoms with Crippen LogP contribution in [0.2, 0.25) is 0 Å². The number of aliphatic hydroxyl groups is 1. The molecule has 1 unspecified atom stereocenters. The molecule has 1 rings (SSSR count). The lowest BCUT2D eigenvalue weighted by molar-refractivity contribution is 0.0883. The van der Waals surface area contributed by atoms with Gasteiger partial charge in [-0.25, -0.2) is 0 Å². The first kappa shape index (κ1) is 10.4. The Balaban J connectivity index is 3.33. The van der Waals surface area contributed by atoms with Gasteiger partial charge in [0.25, 0.3) is 0 Å². The molecular weight excluding hydrogens is 196 g/mol. The van der Waals surface area contributed by atoms with Crippen LogP contribution in [0.3, 0.4) is 0 Å². The highest BCUT2D eigenvalue weighted by molar-refractivity contribution is 5.35. The van der Waals surface area contributed by atoms with Crippen molar-refractivity contribution in [1.82, 2.24) is 0 Å². The van der Waals surface area contributed by atoms with Crippen molar-refractivity contribution < 1.29 is 7.85 Å². The summed E-state index contributed by atoms with van der Waals surface area (Å²) < 4.78 is 15.4. The smallest absolute Gasteiger partial charge is 0.103 e. The van der Waals surface area contributed by atoms with Crippen LogP contribution in [0.15, 0.2) is 23.5 Å². The van der Waals surface area contributed by atoms with Crippen LogP contribution < -0.4 is 0 Å². The van der Waals surface area contributed by atoms with E-state index in [9.17, 15) is 5.11 Å². The van der Waals surface area contributed by atoms with E-state index >= 15 is 0 Å². The van der Waals surface area contributed by atoms with Gasteiger partial charge in [-0.15, -0.1) is 0 Å². The molecule has 0 aliphatic heterocycles. The maximum atomic E-state index is 10.7. The van der Waals surface area contributed by atoms with Gasteiger partial charge in [-0.3, -0.25) is 0 Å². The van der Waals surface area contributed by atoms with Gasteiger partial charge >= 0.3 is 0 Å². The fourth-order valence-corrected chi connectivity index (χ4v) is 2.03. The summed E-state index contributed by atoms with van der Waals surface area (Å²) in [6.07, 6.45) is 4.78. The first-order chi connectivity index (χ1) is 8.12. The molecule has 1 heteroatoms. The summed E-state index contributed by atoms with van der Waals surface area (Å²) in [7, 11) is 0. The van der Waals surface area contributed by atoms with E-state index in [0.717, 1.165) is 12.0 Å².